The third-order valence-electron chi connectivity index (χ3n) is 2.39. The molecule has 0 fully saturated rings. The third kappa shape index (κ3) is 4.71. The highest BCUT2D eigenvalue weighted by molar-refractivity contribution is 9.10. The number of hydrogen-bond acceptors (Lipinski definition) is 5. The van der Waals surface area contributed by atoms with E-state index in [1.807, 2.05) is 0 Å². The van der Waals surface area contributed by atoms with Gasteiger partial charge in [-0.3, -0.25) is 0 Å². The number of aromatic hydroxyl groups is 1. The maximum absolute atomic E-state index is 11.9. The standard InChI is InChI=1S/C12H10BrF3N2O3/c13-7-1-2-9(19)8(5-7)11-17-10(18-21-11)3-4-20-6-12(14,15)16/h1-2,5,19H,3-4,6H2. The smallest absolute Gasteiger partial charge is 0.411 e. The van der Waals surface area contributed by atoms with E-state index in [9.17, 15) is 18.3 Å². The summed E-state index contributed by atoms with van der Waals surface area (Å²) in [5, 5.41) is 13.3. The van der Waals surface area contributed by atoms with Crippen molar-refractivity contribution in [3.8, 4) is 17.2 Å². The highest BCUT2D eigenvalue weighted by Crippen LogP contribution is 2.30. The molecule has 9 heteroatoms. The van der Waals surface area contributed by atoms with Crippen molar-refractivity contribution in [3.63, 3.8) is 0 Å². The van der Waals surface area contributed by atoms with Crippen molar-refractivity contribution >= 4 is 15.9 Å². The Hall–Kier alpha value is -1.61. The highest BCUT2D eigenvalue weighted by Gasteiger charge is 2.27. The highest BCUT2D eigenvalue weighted by atomic mass is 79.9. The summed E-state index contributed by atoms with van der Waals surface area (Å²) in [5.41, 5.74) is 0.333. The Bertz CT molecular complexity index is 616. The topological polar surface area (TPSA) is 68.4 Å². The van der Waals surface area contributed by atoms with Crippen LogP contribution in [0.2, 0.25) is 0 Å². The van der Waals surface area contributed by atoms with Crippen LogP contribution in [0.15, 0.2) is 27.2 Å². The normalized spacial score (nSPS) is 11.8. The number of halogens is 4. The van der Waals surface area contributed by atoms with Crippen molar-refractivity contribution in [2.45, 2.75) is 12.6 Å². The monoisotopic (exact) mass is 366 g/mol. The van der Waals surface area contributed by atoms with Crippen molar-refractivity contribution in [2.75, 3.05) is 13.2 Å². The van der Waals surface area contributed by atoms with Crippen LogP contribution in [0.1, 0.15) is 5.82 Å². The van der Waals surface area contributed by atoms with Crippen LogP contribution in [-0.4, -0.2) is 34.6 Å². The average molecular weight is 367 g/mol. The lowest BCUT2D eigenvalue weighted by atomic mass is 10.2. The quantitative estimate of drug-likeness (QED) is 0.822. The summed E-state index contributed by atoms with van der Waals surface area (Å²) >= 11 is 3.24. The maximum atomic E-state index is 11.9. The zero-order valence-corrected chi connectivity index (χ0v) is 12.1. The van der Waals surface area contributed by atoms with E-state index in [-0.39, 0.29) is 30.5 Å². The molecule has 0 aliphatic carbocycles. The molecular weight excluding hydrogens is 357 g/mol. The second-order valence-electron chi connectivity index (χ2n) is 4.09. The van der Waals surface area contributed by atoms with Crippen LogP contribution >= 0.6 is 15.9 Å². The van der Waals surface area contributed by atoms with Gasteiger partial charge in [0.1, 0.15) is 12.4 Å². The minimum atomic E-state index is -4.36. The van der Waals surface area contributed by atoms with E-state index in [0.717, 1.165) is 0 Å². The molecule has 0 aliphatic heterocycles. The Kier molecular flexibility index (Phi) is 4.84. The lowest BCUT2D eigenvalue weighted by Crippen LogP contribution is -2.18. The van der Waals surface area contributed by atoms with Crippen molar-refractivity contribution < 1.29 is 27.5 Å². The summed E-state index contributed by atoms with van der Waals surface area (Å²) in [6, 6.07) is 4.68. The van der Waals surface area contributed by atoms with E-state index in [1.165, 1.54) is 6.07 Å². The summed E-state index contributed by atoms with van der Waals surface area (Å²) in [6.07, 6.45) is -4.28. The Morgan fingerprint density at radius 3 is 2.81 bits per heavy atom. The third-order valence-corrected chi connectivity index (χ3v) is 2.89. The van der Waals surface area contributed by atoms with Crippen molar-refractivity contribution in [1.29, 1.82) is 0 Å². The Balaban J connectivity index is 1.97. The van der Waals surface area contributed by atoms with E-state index in [2.05, 4.69) is 30.8 Å². The van der Waals surface area contributed by atoms with Crippen LogP contribution in [0.4, 0.5) is 13.2 Å². The number of nitrogens with zero attached hydrogens (tertiary/aromatic N) is 2. The number of rotatable bonds is 5. The molecule has 5 nitrogen and oxygen atoms in total. The number of ether oxygens (including phenoxy) is 1. The molecule has 114 valence electrons. The van der Waals surface area contributed by atoms with Gasteiger partial charge in [-0.15, -0.1) is 0 Å². The van der Waals surface area contributed by atoms with Gasteiger partial charge in [0.25, 0.3) is 5.89 Å². The van der Waals surface area contributed by atoms with Gasteiger partial charge in [0.2, 0.25) is 0 Å². The lowest BCUT2D eigenvalue weighted by molar-refractivity contribution is -0.173. The van der Waals surface area contributed by atoms with Gasteiger partial charge in [-0.1, -0.05) is 21.1 Å². The molecule has 0 unspecified atom stereocenters. The Morgan fingerprint density at radius 2 is 2.10 bits per heavy atom. The Morgan fingerprint density at radius 1 is 1.33 bits per heavy atom. The SMILES string of the molecule is Oc1ccc(Br)cc1-c1nc(CCOCC(F)(F)F)no1. The van der Waals surface area contributed by atoms with Crippen LogP contribution in [0.5, 0.6) is 5.75 Å². The summed E-state index contributed by atoms with van der Waals surface area (Å²) in [7, 11) is 0. The van der Waals surface area contributed by atoms with Crippen LogP contribution < -0.4 is 0 Å². The molecule has 0 spiro atoms. The van der Waals surface area contributed by atoms with E-state index in [4.69, 9.17) is 4.52 Å². The van der Waals surface area contributed by atoms with E-state index < -0.39 is 12.8 Å². The number of phenolic OH excluding ortho intramolecular Hbond substituents is 1. The van der Waals surface area contributed by atoms with Gasteiger partial charge in [-0.25, -0.2) is 0 Å². The van der Waals surface area contributed by atoms with Gasteiger partial charge in [0.15, 0.2) is 5.82 Å². The molecule has 21 heavy (non-hydrogen) atoms. The Labute approximate surface area is 125 Å². The summed E-state index contributed by atoms with van der Waals surface area (Å²) in [5.74, 6) is 0.243. The van der Waals surface area contributed by atoms with Crippen LogP contribution in [0, 0.1) is 0 Å². The first-order valence-electron chi connectivity index (χ1n) is 5.81. The number of alkyl halides is 3. The van der Waals surface area contributed by atoms with Crippen LogP contribution in [0.3, 0.4) is 0 Å². The molecule has 2 rings (SSSR count). The minimum Gasteiger partial charge on any atom is -0.507 e. The molecule has 2 aromatic rings. The van der Waals surface area contributed by atoms with Gasteiger partial charge in [-0.05, 0) is 18.2 Å². The number of aromatic nitrogens is 2. The molecule has 0 bridgehead atoms. The first kappa shape index (κ1) is 15.8. The van der Waals surface area contributed by atoms with E-state index >= 15 is 0 Å². The first-order chi connectivity index (χ1) is 9.85. The fourth-order valence-corrected chi connectivity index (χ4v) is 1.86. The zero-order chi connectivity index (χ0) is 15.5. The largest absolute Gasteiger partial charge is 0.507 e. The molecule has 0 aliphatic rings. The first-order valence-corrected chi connectivity index (χ1v) is 6.60. The van der Waals surface area contributed by atoms with Crippen LogP contribution in [-0.2, 0) is 11.2 Å². The molecule has 0 saturated heterocycles. The fourth-order valence-electron chi connectivity index (χ4n) is 1.50. The van der Waals surface area contributed by atoms with Crippen molar-refractivity contribution in [3.05, 3.63) is 28.5 Å². The van der Waals surface area contributed by atoms with Crippen molar-refractivity contribution in [2.24, 2.45) is 0 Å². The summed E-state index contributed by atoms with van der Waals surface area (Å²) < 4.78 is 45.8. The molecule has 1 aromatic heterocycles. The van der Waals surface area contributed by atoms with Crippen LogP contribution in [0.25, 0.3) is 11.5 Å². The molecule has 0 atom stereocenters. The molecule has 0 amide bonds. The predicted molar refractivity (Wildman–Crippen MR) is 69.7 cm³/mol. The van der Waals surface area contributed by atoms with Gasteiger partial charge in [-0.2, -0.15) is 18.2 Å². The second kappa shape index (κ2) is 6.44. The van der Waals surface area contributed by atoms with E-state index in [1.54, 1.807) is 12.1 Å². The maximum Gasteiger partial charge on any atom is 0.411 e. The molecule has 0 radical (unpaired) electrons. The number of hydrogen-bond donors (Lipinski definition) is 1. The van der Waals surface area contributed by atoms with E-state index in [0.29, 0.717) is 10.0 Å². The minimum absolute atomic E-state index is 0.0401. The number of phenols is 1. The predicted octanol–water partition coefficient (Wildman–Crippen LogP) is 3.33. The number of benzene rings is 1. The summed E-state index contributed by atoms with van der Waals surface area (Å²) in [6.45, 7) is -1.49. The van der Waals surface area contributed by atoms with Gasteiger partial charge < -0.3 is 14.4 Å². The lowest BCUT2D eigenvalue weighted by Gasteiger charge is -2.05. The second-order valence-corrected chi connectivity index (χ2v) is 5.01. The van der Waals surface area contributed by atoms with Gasteiger partial charge in [0, 0.05) is 10.9 Å². The molecule has 1 heterocycles. The van der Waals surface area contributed by atoms with Crippen molar-refractivity contribution in [1.82, 2.24) is 10.1 Å². The molecular formula is C12H10BrF3N2O3. The zero-order valence-electron chi connectivity index (χ0n) is 10.5. The summed E-state index contributed by atoms with van der Waals surface area (Å²) in [4.78, 5) is 4.00. The molecule has 0 saturated carbocycles. The molecule has 1 N–H and O–H groups in total. The fraction of sp³-hybridized carbons (Fsp3) is 0.333. The molecule has 1 aromatic carbocycles. The van der Waals surface area contributed by atoms with Gasteiger partial charge >= 0.3 is 6.18 Å². The average Bonchev–Trinajstić information content (AvgIpc) is 2.85. The van der Waals surface area contributed by atoms with Gasteiger partial charge in [0.05, 0.1) is 12.2 Å².